The van der Waals surface area contributed by atoms with E-state index in [0.29, 0.717) is 25.7 Å². The zero-order chi connectivity index (χ0) is 19.3. The molecule has 0 atom stereocenters. The summed E-state index contributed by atoms with van der Waals surface area (Å²) in [6, 6.07) is 0. The lowest BCUT2D eigenvalue weighted by atomic mass is 9.76. The molecule has 3 aliphatic carbocycles. The molecule has 0 aliphatic heterocycles. The highest BCUT2D eigenvalue weighted by molar-refractivity contribution is 6.07. The average Bonchev–Trinajstić information content (AvgIpc) is 3.09. The van der Waals surface area contributed by atoms with E-state index in [1.807, 2.05) is 24.3 Å². The predicted octanol–water partition coefficient (Wildman–Crippen LogP) is 3.62. The van der Waals surface area contributed by atoms with Crippen molar-refractivity contribution < 1.29 is 19.2 Å². The maximum atomic E-state index is 12.2. The van der Waals surface area contributed by atoms with Crippen LogP contribution < -0.4 is 0 Å². The summed E-state index contributed by atoms with van der Waals surface area (Å²) in [6.07, 6.45) is 9.50. The lowest BCUT2D eigenvalue weighted by Gasteiger charge is -2.23. The lowest BCUT2D eigenvalue weighted by Crippen LogP contribution is -2.34. The van der Waals surface area contributed by atoms with Gasteiger partial charge in [-0.2, -0.15) is 0 Å². The number of Topliss-reactive ketones (excluding diaryl/α,β-unsaturated/α-hetero) is 4. The highest BCUT2D eigenvalue weighted by Gasteiger charge is 2.47. The van der Waals surface area contributed by atoms with Gasteiger partial charge >= 0.3 is 0 Å². The zero-order valence-corrected chi connectivity index (χ0v) is 15.8. The Labute approximate surface area is 153 Å². The molecule has 0 fully saturated rings. The fourth-order valence-corrected chi connectivity index (χ4v) is 4.44. The van der Waals surface area contributed by atoms with Crippen LogP contribution in [0.1, 0.15) is 53.4 Å². The molecule has 0 aromatic carbocycles. The van der Waals surface area contributed by atoms with Gasteiger partial charge in [0.05, 0.1) is 10.8 Å². The van der Waals surface area contributed by atoms with Crippen molar-refractivity contribution in [1.82, 2.24) is 0 Å². The lowest BCUT2D eigenvalue weighted by molar-refractivity contribution is -0.139. The van der Waals surface area contributed by atoms with Crippen molar-refractivity contribution in [2.24, 2.45) is 10.8 Å². The molecule has 136 valence electrons. The van der Waals surface area contributed by atoms with Gasteiger partial charge in [0, 0.05) is 0 Å². The fraction of sp³-hybridized carbons (Fsp3) is 0.455. The first kappa shape index (κ1) is 18.4. The summed E-state index contributed by atoms with van der Waals surface area (Å²) in [6.45, 7) is 5.95. The number of allylic oxidation sites excluding steroid dienone is 8. The van der Waals surface area contributed by atoms with Crippen molar-refractivity contribution >= 4 is 23.1 Å². The van der Waals surface area contributed by atoms with Gasteiger partial charge in [-0.3, -0.25) is 19.2 Å². The summed E-state index contributed by atoms with van der Waals surface area (Å²) >= 11 is 0. The maximum Gasteiger partial charge on any atom is 0.144 e. The summed E-state index contributed by atoms with van der Waals surface area (Å²) < 4.78 is 0. The van der Waals surface area contributed by atoms with Crippen LogP contribution in [0.5, 0.6) is 0 Å². The highest BCUT2D eigenvalue weighted by Crippen LogP contribution is 2.49. The number of carbonyl (C=O) groups is 4. The van der Waals surface area contributed by atoms with Crippen molar-refractivity contribution in [2.75, 3.05) is 0 Å². The molecular formula is C22H24O4. The number of hydrogen-bond donors (Lipinski definition) is 0. The summed E-state index contributed by atoms with van der Waals surface area (Å²) in [5.74, 6) is -0.366. The second-order valence-electron chi connectivity index (χ2n) is 7.86. The Balaban J connectivity index is 1.93. The molecule has 3 aliphatic rings. The van der Waals surface area contributed by atoms with Crippen LogP contribution in [0.4, 0.5) is 0 Å². The summed E-state index contributed by atoms with van der Waals surface area (Å²) in [5.41, 5.74) is 2.05. The molecular weight excluding hydrogens is 328 g/mol. The van der Waals surface area contributed by atoms with Crippen LogP contribution in [0.3, 0.4) is 0 Å². The first-order valence-corrected chi connectivity index (χ1v) is 8.97. The minimum absolute atomic E-state index is 0.0915. The van der Waals surface area contributed by atoms with Crippen LogP contribution in [0, 0.1) is 10.8 Å². The highest BCUT2D eigenvalue weighted by atomic mass is 16.2. The van der Waals surface area contributed by atoms with Crippen LogP contribution in [0.2, 0.25) is 0 Å². The molecule has 0 aromatic heterocycles. The smallest absolute Gasteiger partial charge is 0.144 e. The molecule has 3 rings (SSSR count). The third-order valence-electron chi connectivity index (χ3n) is 6.46. The number of rotatable bonds is 4. The quantitative estimate of drug-likeness (QED) is 0.725. The van der Waals surface area contributed by atoms with E-state index in [-0.39, 0.29) is 23.1 Å². The molecule has 26 heavy (non-hydrogen) atoms. The predicted molar refractivity (Wildman–Crippen MR) is 98.4 cm³/mol. The molecule has 0 aromatic rings. The Morgan fingerprint density at radius 3 is 0.885 bits per heavy atom. The fourth-order valence-electron chi connectivity index (χ4n) is 4.44. The van der Waals surface area contributed by atoms with Crippen molar-refractivity contribution in [3.8, 4) is 0 Å². The molecule has 0 unspecified atom stereocenters. The van der Waals surface area contributed by atoms with E-state index >= 15 is 0 Å². The molecule has 4 heteroatoms. The van der Waals surface area contributed by atoms with Gasteiger partial charge in [-0.1, -0.05) is 24.3 Å². The van der Waals surface area contributed by atoms with Crippen LogP contribution in [0.15, 0.2) is 46.6 Å². The van der Waals surface area contributed by atoms with Gasteiger partial charge in [-0.25, -0.2) is 0 Å². The molecule has 0 saturated heterocycles. The van der Waals surface area contributed by atoms with E-state index < -0.39 is 10.8 Å². The summed E-state index contributed by atoms with van der Waals surface area (Å²) in [4.78, 5) is 48.7. The Morgan fingerprint density at radius 2 is 0.731 bits per heavy atom. The molecule has 0 heterocycles. The van der Waals surface area contributed by atoms with Crippen LogP contribution in [-0.2, 0) is 19.2 Å². The topological polar surface area (TPSA) is 68.3 Å². The molecule has 0 radical (unpaired) electrons. The Morgan fingerprint density at radius 1 is 0.538 bits per heavy atom. The molecule has 0 N–H and O–H groups in total. The van der Waals surface area contributed by atoms with E-state index in [4.69, 9.17) is 0 Å². The maximum absolute atomic E-state index is 12.2. The van der Waals surface area contributed by atoms with E-state index in [1.54, 1.807) is 0 Å². The van der Waals surface area contributed by atoms with E-state index in [0.717, 1.165) is 22.3 Å². The average molecular weight is 352 g/mol. The van der Waals surface area contributed by atoms with Gasteiger partial charge in [0.1, 0.15) is 23.1 Å². The van der Waals surface area contributed by atoms with Gasteiger partial charge in [0.2, 0.25) is 0 Å². The van der Waals surface area contributed by atoms with Crippen LogP contribution in [-0.4, -0.2) is 23.1 Å². The van der Waals surface area contributed by atoms with Gasteiger partial charge in [-0.15, -0.1) is 0 Å². The molecule has 0 saturated carbocycles. The summed E-state index contributed by atoms with van der Waals surface area (Å²) in [5, 5.41) is 0. The van der Waals surface area contributed by atoms with Crippen LogP contribution >= 0.6 is 0 Å². The Bertz CT molecular complexity index is 721. The van der Waals surface area contributed by atoms with Crippen molar-refractivity contribution in [2.45, 2.75) is 53.4 Å². The third kappa shape index (κ3) is 2.59. The Hall–Kier alpha value is -2.36. The van der Waals surface area contributed by atoms with Crippen molar-refractivity contribution in [3.05, 3.63) is 46.6 Å². The van der Waals surface area contributed by atoms with E-state index in [1.165, 1.54) is 27.7 Å². The molecule has 0 spiro atoms. The minimum atomic E-state index is -0.948. The van der Waals surface area contributed by atoms with Gasteiger partial charge in [0.25, 0.3) is 0 Å². The standard InChI is InChI=1S/C22H24O4/c1-13(23)21(14(2)24)9-17-5-7-19-11-22(15(3)25,16(4)26)12-20(19)8-6-18(17)10-21/h5-8H,9-12H2,1-4H3/b7-5-,8-6-,17-5?,18-6?,19-7?,20-8?. The SMILES string of the molecule is CC(=O)C1(C(C)=O)CC2=C(/C=C\C3=C(/C=C\2)CC(C(C)=O)(C(C)=O)C3)C1. The van der Waals surface area contributed by atoms with E-state index in [2.05, 4.69) is 0 Å². The minimum Gasteiger partial charge on any atom is -0.299 e. The third-order valence-corrected chi connectivity index (χ3v) is 6.46. The number of carbonyl (C=O) groups excluding carboxylic acids is 4. The molecule has 0 amide bonds. The number of ketones is 4. The monoisotopic (exact) mass is 352 g/mol. The first-order valence-electron chi connectivity index (χ1n) is 8.97. The summed E-state index contributed by atoms with van der Waals surface area (Å²) in [7, 11) is 0. The van der Waals surface area contributed by atoms with Gasteiger partial charge in [0.15, 0.2) is 0 Å². The molecule has 0 bridgehead atoms. The zero-order valence-electron chi connectivity index (χ0n) is 15.8. The van der Waals surface area contributed by atoms with Gasteiger partial charge < -0.3 is 0 Å². The first-order chi connectivity index (χ1) is 12.1. The largest absolute Gasteiger partial charge is 0.299 e. The van der Waals surface area contributed by atoms with Crippen LogP contribution in [0.25, 0.3) is 0 Å². The van der Waals surface area contributed by atoms with Crippen molar-refractivity contribution in [3.63, 3.8) is 0 Å². The molecule has 4 nitrogen and oxygen atoms in total. The second kappa shape index (κ2) is 6.11. The second-order valence-corrected chi connectivity index (χ2v) is 7.86. The normalized spacial score (nSPS) is 25.1. The Kier molecular flexibility index (Phi) is 4.33. The van der Waals surface area contributed by atoms with E-state index in [9.17, 15) is 19.2 Å². The van der Waals surface area contributed by atoms with Gasteiger partial charge in [-0.05, 0) is 75.7 Å². The number of hydrogen-bond acceptors (Lipinski definition) is 4. The van der Waals surface area contributed by atoms with Crippen molar-refractivity contribution in [1.29, 1.82) is 0 Å².